The van der Waals surface area contributed by atoms with E-state index in [-0.39, 0.29) is 46.9 Å². The lowest BCUT2D eigenvalue weighted by Crippen LogP contribution is -2.28. The minimum absolute atomic E-state index is 0.00324. The lowest BCUT2D eigenvalue weighted by Gasteiger charge is -2.30. The number of allylic oxidation sites excluding steroid dienone is 1. The van der Waals surface area contributed by atoms with Crippen molar-refractivity contribution < 1.29 is 49.3 Å². The highest BCUT2D eigenvalue weighted by Gasteiger charge is 2.42. The summed E-state index contributed by atoms with van der Waals surface area (Å²) in [5, 5.41) is 0. The Kier molecular flexibility index (Phi) is 9.07. The predicted octanol–water partition coefficient (Wildman–Crippen LogP) is 9.61. The van der Waals surface area contributed by atoms with Crippen LogP contribution in [0.15, 0.2) is 79.4 Å². The molecule has 0 radical (unpaired) electrons. The third-order valence-corrected chi connectivity index (χ3v) is 7.07. The van der Waals surface area contributed by atoms with Crippen LogP contribution in [0.2, 0.25) is 0 Å². The third-order valence-electron chi connectivity index (χ3n) is 7.07. The van der Waals surface area contributed by atoms with Crippen LogP contribution < -0.4 is 4.74 Å². The molecule has 1 aliphatic heterocycles. The third kappa shape index (κ3) is 6.63. The van der Waals surface area contributed by atoms with Crippen molar-refractivity contribution in [2.75, 3.05) is 13.2 Å². The van der Waals surface area contributed by atoms with Crippen LogP contribution in [0.5, 0.6) is 5.75 Å². The van der Waals surface area contributed by atoms with E-state index in [0.717, 1.165) is 43.2 Å². The van der Waals surface area contributed by atoms with Crippen LogP contribution in [0.4, 0.5) is 35.1 Å². The van der Waals surface area contributed by atoms with E-state index in [1.165, 1.54) is 18.2 Å². The number of halogens is 8. The molecule has 4 aromatic rings. The molecule has 0 saturated carbocycles. The summed E-state index contributed by atoms with van der Waals surface area (Å²) in [7, 11) is 0. The molecule has 1 heterocycles. The number of rotatable bonds is 9. The van der Waals surface area contributed by atoms with E-state index in [2.05, 4.69) is 11.3 Å². The topological polar surface area (TPSA) is 27.7 Å². The zero-order valence-corrected chi connectivity index (χ0v) is 22.9. The van der Waals surface area contributed by atoms with Crippen LogP contribution >= 0.6 is 0 Å². The first-order valence-corrected chi connectivity index (χ1v) is 13.4. The summed E-state index contributed by atoms with van der Waals surface area (Å²) in [5.41, 5.74) is -2.09. The van der Waals surface area contributed by atoms with Crippen LogP contribution in [-0.4, -0.2) is 13.2 Å². The van der Waals surface area contributed by atoms with Crippen LogP contribution in [0.3, 0.4) is 0 Å². The van der Waals surface area contributed by atoms with Gasteiger partial charge < -0.3 is 14.2 Å². The van der Waals surface area contributed by atoms with Crippen molar-refractivity contribution in [3.63, 3.8) is 0 Å². The van der Waals surface area contributed by atoms with Crippen molar-refractivity contribution in [1.82, 2.24) is 0 Å². The SMILES string of the molecule is C=CCCC1COC(c2cc(F)c(C(F)(F)Oc3ccc(-c4ccc(-c5ccc(F)c(F)c5)c(F)c4)c(F)c3)c(F)c2)OC1. The molecule has 1 saturated heterocycles. The van der Waals surface area contributed by atoms with Gasteiger partial charge in [0.25, 0.3) is 0 Å². The van der Waals surface area contributed by atoms with Crippen molar-refractivity contribution in [1.29, 1.82) is 0 Å². The maximum atomic E-state index is 15.0. The molecule has 11 heteroatoms. The summed E-state index contributed by atoms with van der Waals surface area (Å²) in [6.07, 6.45) is -2.49. The predicted molar refractivity (Wildman–Crippen MR) is 146 cm³/mol. The van der Waals surface area contributed by atoms with Crippen LogP contribution in [0.25, 0.3) is 22.3 Å². The number of hydrogen-bond donors (Lipinski definition) is 0. The Morgan fingerprint density at radius 1 is 0.705 bits per heavy atom. The fourth-order valence-electron chi connectivity index (χ4n) is 4.84. The molecular formula is C33H24F8O3. The molecule has 4 aromatic carbocycles. The fraction of sp³-hybridized carbons (Fsp3) is 0.212. The Morgan fingerprint density at radius 2 is 1.27 bits per heavy atom. The van der Waals surface area contributed by atoms with E-state index < -0.39 is 58.6 Å². The van der Waals surface area contributed by atoms with Crippen molar-refractivity contribution >= 4 is 0 Å². The first-order chi connectivity index (χ1) is 21.0. The normalized spacial score (nSPS) is 17.0. The molecule has 0 N–H and O–H groups in total. The highest BCUT2D eigenvalue weighted by molar-refractivity contribution is 5.71. The van der Waals surface area contributed by atoms with E-state index in [1.807, 2.05) is 0 Å². The number of benzene rings is 4. The van der Waals surface area contributed by atoms with Gasteiger partial charge in [-0.05, 0) is 66.4 Å². The van der Waals surface area contributed by atoms with Gasteiger partial charge in [-0.1, -0.05) is 24.3 Å². The summed E-state index contributed by atoms with van der Waals surface area (Å²) >= 11 is 0. The summed E-state index contributed by atoms with van der Waals surface area (Å²) in [4.78, 5) is 0. The molecular weight excluding hydrogens is 596 g/mol. The molecule has 0 aliphatic carbocycles. The van der Waals surface area contributed by atoms with E-state index in [4.69, 9.17) is 9.47 Å². The zero-order chi connectivity index (χ0) is 31.6. The molecule has 5 rings (SSSR count). The van der Waals surface area contributed by atoms with Gasteiger partial charge in [-0.3, -0.25) is 0 Å². The van der Waals surface area contributed by atoms with E-state index >= 15 is 0 Å². The number of hydrogen-bond acceptors (Lipinski definition) is 3. The summed E-state index contributed by atoms with van der Waals surface area (Å²) in [5.74, 6) is -8.24. The average molecular weight is 621 g/mol. The van der Waals surface area contributed by atoms with Gasteiger partial charge in [-0.25, -0.2) is 26.3 Å². The van der Waals surface area contributed by atoms with Gasteiger partial charge in [-0.15, -0.1) is 6.58 Å². The molecule has 0 atom stereocenters. The van der Waals surface area contributed by atoms with Gasteiger partial charge in [0, 0.05) is 28.7 Å². The first-order valence-electron chi connectivity index (χ1n) is 13.4. The largest absolute Gasteiger partial charge is 0.432 e. The second kappa shape index (κ2) is 12.8. The molecule has 1 fully saturated rings. The maximum Gasteiger partial charge on any atom is 0.432 e. The van der Waals surface area contributed by atoms with Crippen molar-refractivity contribution in [3.05, 3.63) is 125 Å². The lowest BCUT2D eigenvalue weighted by atomic mass is 9.99. The Bertz CT molecular complexity index is 1660. The lowest BCUT2D eigenvalue weighted by molar-refractivity contribution is -0.206. The number of alkyl halides is 2. The van der Waals surface area contributed by atoms with Gasteiger partial charge in [0.1, 0.15) is 34.6 Å². The van der Waals surface area contributed by atoms with E-state index in [1.54, 1.807) is 6.08 Å². The van der Waals surface area contributed by atoms with E-state index in [0.29, 0.717) is 18.2 Å². The standard InChI is InChI=1S/C33H24F8O3/c1-2-3-4-18-16-42-32(43-17-18)21-13-29(38)31(30(39)14-21)33(40,41)44-22-7-9-24(27(36)15-22)19-5-8-23(26(35)11-19)20-6-10-25(34)28(37)12-20/h2,5-15,18,32H,1,3-4,16-17H2. The summed E-state index contributed by atoms with van der Waals surface area (Å²) in [6.45, 7) is 4.13. The monoisotopic (exact) mass is 620 g/mol. The smallest absolute Gasteiger partial charge is 0.429 e. The molecule has 0 amide bonds. The Balaban J connectivity index is 1.32. The average Bonchev–Trinajstić information content (AvgIpc) is 2.97. The van der Waals surface area contributed by atoms with Crippen molar-refractivity contribution in [2.24, 2.45) is 5.92 Å². The second-order valence-electron chi connectivity index (χ2n) is 10.2. The first kappa shape index (κ1) is 31.2. The second-order valence-corrected chi connectivity index (χ2v) is 10.2. The highest BCUT2D eigenvalue weighted by atomic mass is 19.3. The molecule has 0 unspecified atom stereocenters. The molecule has 0 spiro atoms. The Labute approximate surface area is 247 Å². The molecule has 230 valence electrons. The van der Waals surface area contributed by atoms with Crippen LogP contribution in [0, 0.1) is 40.8 Å². The van der Waals surface area contributed by atoms with Gasteiger partial charge in [0.15, 0.2) is 17.9 Å². The van der Waals surface area contributed by atoms with Crippen LogP contribution in [0.1, 0.15) is 30.3 Å². The highest BCUT2D eigenvalue weighted by Crippen LogP contribution is 2.39. The molecule has 1 aliphatic rings. The fourth-order valence-corrected chi connectivity index (χ4v) is 4.84. The van der Waals surface area contributed by atoms with Gasteiger partial charge in [-0.2, -0.15) is 8.78 Å². The van der Waals surface area contributed by atoms with E-state index in [9.17, 15) is 35.1 Å². The van der Waals surface area contributed by atoms with Crippen LogP contribution in [-0.2, 0) is 15.6 Å². The maximum absolute atomic E-state index is 15.0. The molecule has 0 aromatic heterocycles. The molecule has 3 nitrogen and oxygen atoms in total. The molecule has 44 heavy (non-hydrogen) atoms. The van der Waals surface area contributed by atoms with Gasteiger partial charge in [0.2, 0.25) is 0 Å². The minimum Gasteiger partial charge on any atom is -0.429 e. The molecule has 0 bridgehead atoms. The van der Waals surface area contributed by atoms with Crippen molar-refractivity contribution in [3.8, 4) is 28.0 Å². The Morgan fingerprint density at radius 3 is 1.84 bits per heavy atom. The summed E-state index contributed by atoms with van der Waals surface area (Å²) in [6, 6.07) is 10.1. The zero-order valence-electron chi connectivity index (χ0n) is 22.9. The van der Waals surface area contributed by atoms with Gasteiger partial charge >= 0.3 is 6.11 Å². The minimum atomic E-state index is -4.55. The Hall–Kier alpha value is -4.22. The van der Waals surface area contributed by atoms with Gasteiger partial charge in [0.05, 0.1) is 13.2 Å². The quantitative estimate of drug-likeness (QED) is 0.138. The summed E-state index contributed by atoms with van der Waals surface area (Å²) < 4.78 is 132. The number of ether oxygens (including phenoxy) is 3. The van der Waals surface area contributed by atoms with Crippen molar-refractivity contribution in [2.45, 2.75) is 25.2 Å².